The number of allylic oxidation sites excluding steroid dienone is 3. The standard InChI is InChI=1S/C13H12O2/c1-9-7-11(13(14)15)8-12(9)10-5-3-2-4-6-10/h2-6,8H,7H2,1H3,(H,14,15). The van der Waals surface area contributed by atoms with Gasteiger partial charge < -0.3 is 5.11 Å². The van der Waals surface area contributed by atoms with Crippen molar-refractivity contribution in [3.8, 4) is 0 Å². The zero-order valence-electron chi connectivity index (χ0n) is 8.53. The van der Waals surface area contributed by atoms with Crippen LogP contribution in [0, 0.1) is 0 Å². The molecule has 0 atom stereocenters. The van der Waals surface area contributed by atoms with Crippen LogP contribution in [0.1, 0.15) is 18.9 Å². The fraction of sp³-hybridized carbons (Fsp3) is 0.154. The van der Waals surface area contributed by atoms with Crippen LogP contribution in [0.2, 0.25) is 0 Å². The van der Waals surface area contributed by atoms with Gasteiger partial charge in [0.25, 0.3) is 0 Å². The third kappa shape index (κ3) is 1.84. The summed E-state index contributed by atoms with van der Waals surface area (Å²) in [5, 5.41) is 8.90. The van der Waals surface area contributed by atoms with Crippen molar-refractivity contribution in [3.05, 3.63) is 53.1 Å². The van der Waals surface area contributed by atoms with Crippen LogP contribution in [-0.2, 0) is 4.79 Å². The third-order valence-corrected chi connectivity index (χ3v) is 2.59. The van der Waals surface area contributed by atoms with E-state index in [9.17, 15) is 4.79 Å². The Hall–Kier alpha value is -1.83. The maximum absolute atomic E-state index is 10.8. The normalized spacial score (nSPS) is 15.4. The molecule has 0 heterocycles. The Labute approximate surface area is 88.6 Å². The molecular formula is C13H12O2. The van der Waals surface area contributed by atoms with Crippen LogP contribution in [0.25, 0.3) is 5.57 Å². The van der Waals surface area contributed by atoms with E-state index >= 15 is 0 Å². The minimum absolute atomic E-state index is 0.478. The van der Waals surface area contributed by atoms with E-state index in [2.05, 4.69) is 0 Å². The van der Waals surface area contributed by atoms with Gasteiger partial charge in [-0.2, -0.15) is 0 Å². The number of carboxylic acid groups (broad SMARTS) is 1. The molecule has 2 nitrogen and oxygen atoms in total. The van der Waals surface area contributed by atoms with Crippen molar-refractivity contribution in [3.63, 3.8) is 0 Å². The van der Waals surface area contributed by atoms with Gasteiger partial charge in [-0.05, 0) is 24.1 Å². The molecule has 0 bridgehead atoms. The smallest absolute Gasteiger partial charge is 0.331 e. The van der Waals surface area contributed by atoms with Crippen molar-refractivity contribution >= 4 is 11.5 Å². The summed E-state index contributed by atoms with van der Waals surface area (Å²) in [7, 11) is 0. The average molecular weight is 200 g/mol. The van der Waals surface area contributed by atoms with Gasteiger partial charge in [0.05, 0.1) is 0 Å². The molecule has 0 spiro atoms. The Bertz CT molecular complexity index is 453. The van der Waals surface area contributed by atoms with Gasteiger partial charge in [-0.3, -0.25) is 0 Å². The first kappa shape index (κ1) is 9.71. The highest BCUT2D eigenvalue weighted by Gasteiger charge is 2.18. The van der Waals surface area contributed by atoms with Crippen LogP contribution in [0.15, 0.2) is 47.6 Å². The van der Waals surface area contributed by atoms with Gasteiger partial charge in [0, 0.05) is 12.0 Å². The molecule has 1 aromatic rings. The molecule has 0 aromatic heterocycles. The van der Waals surface area contributed by atoms with E-state index in [-0.39, 0.29) is 0 Å². The van der Waals surface area contributed by atoms with Crippen molar-refractivity contribution in [1.82, 2.24) is 0 Å². The molecule has 2 heteroatoms. The summed E-state index contributed by atoms with van der Waals surface area (Å²) in [4.78, 5) is 10.8. The summed E-state index contributed by atoms with van der Waals surface area (Å²) < 4.78 is 0. The molecule has 0 unspecified atom stereocenters. The molecule has 1 aliphatic rings. The number of hydrogen-bond acceptors (Lipinski definition) is 1. The Morgan fingerprint density at radius 1 is 1.27 bits per heavy atom. The Morgan fingerprint density at radius 3 is 2.47 bits per heavy atom. The number of carbonyl (C=O) groups is 1. The fourth-order valence-electron chi connectivity index (χ4n) is 1.81. The predicted octanol–water partition coefficient (Wildman–Crippen LogP) is 2.87. The second kappa shape index (κ2) is 3.73. The first-order valence-corrected chi connectivity index (χ1v) is 4.87. The van der Waals surface area contributed by atoms with Crippen LogP contribution < -0.4 is 0 Å². The van der Waals surface area contributed by atoms with Crippen molar-refractivity contribution < 1.29 is 9.90 Å². The molecule has 0 amide bonds. The zero-order chi connectivity index (χ0) is 10.8. The SMILES string of the molecule is CC1=C(c2ccccc2)C=C(C(=O)O)C1. The van der Waals surface area contributed by atoms with Gasteiger partial charge in [0.2, 0.25) is 0 Å². The third-order valence-electron chi connectivity index (χ3n) is 2.59. The van der Waals surface area contributed by atoms with Crippen LogP contribution >= 0.6 is 0 Å². The second-order valence-corrected chi connectivity index (χ2v) is 3.71. The topological polar surface area (TPSA) is 37.3 Å². The van der Waals surface area contributed by atoms with Gasteiger partial charge in [0.1, 0.15) is 0 Å². The van der Waals surface area contributed by atoms with E-state index in [4.69, 9.17) is 5.11 Å². The maximum atomic E-state index is 10.8. The van der Waals surface area contributed by atoms with Crippen molar-refractivity contribution in [2.45, 2.75) is 13.3 Å². The number of carboxylic acids is 1. The molecule has 0 saturated heterocycles. The fourth-order valence-corrected chi connectivity index (χ4v) is 1.81. The Kier molecular flexibility index (Phi) is 2.42. The summed E-state index contributed by atoms with van der Waals surface area (Å²) in [5.74, 6) is -0.819. The second-order valence-electron chi connectivity index (χ2n) is 3.71. The van der Waals surface area contributed by atoms with E-state index in [1.54, 1.807) is 6.08 Å². The number of aliphatic carboxylic acids is 1. The lowest BCUT2D eigenvalue weighted by Gasteiger charge is -2.01. The molecular weight excluding hydrogens is 188 g/mol. The molecule has 76 valence electrons. The lowest BCUT2D eigenvalue weighted by atomic mass is 10.0. The maximum Gasteiger partial charge on any atom is 0.331 e. The number of rotatable bonds is 2. The van der Waals surface area contributed by atoms with E-state index < -0.39 is 5.97 Å². The van der Waals surface area contributed by atoms with Crippen LogP contribution in [0.4, 0.5) is 0 Å². The van der Waals surface area contributed by atoms with E-state index in [1.165, 1.54) is 0 Å². The summed E-state index contributed by atoms with van der Waals surface area (Å²) >= 11 is 0. The predicted molar refractivity (Wildman–Crippen MR) is 59.4 cm³/mol. The highest BCUT2D eigenvalue weighted by Crippen LogP contribution is 2.31. The molecule has 0 radical (unpaired) electrons. The largest absolute Gasteiger partial charge is 0.478 e. The molecule has 1 N–H and O–H groups in total. The van der Waals surface area contributed by atoms with Gasteiger partial charge in [-0.25, -0.2) is 4.79 Å². The average Bonchev–Trinajstić information content (AvgIpc) is 2.62. The number of hydrogen-bond donors (Lipinski definition) is 1. The van der Waals surface area contributed by atoms with E-state index in [1.807, 2.05) is 37.3 Å². The Balaban J connectivity index is 2.38. The minimum atomic E-state index is -0.819. The molecule has 15 heavy (non-hydrogen) atoms. The van der Waals surface area contributed by atoms with Crippen LogP contribution in [0.5, 0.6) is 0 Å². The monoisotopic (exact) mass is 200 g/mol. The highest BCUT2D eigenvalue weighted by atomic mass is 16.4. The van der Waals surface area contributed by atoms with Crippen LogP contribution in [-0.4, -0.2) is 11.1 Å². The summed E-state index contributed by atoms with van der Waals surface area (Å²) in [6.45, 7) is 1.98. The summed E-state index contributed by atoms with van der Waals surface area (Å²) in [5.41, 5.74) is 3.74. The summed E-state index contributed by atoms with van der Waals surface area (Å²) in [6, 6.07) is 9.88. The van der Waals surface area contributed by atoms with Gasteiger partial charge in [-0.15, -0.1) is 0 Å². The number of benzene rings is 1. The van der Waals surface area contributed by atoms with Crippen molar-refractivity contribution in [2.75, 3.05) is 0 Å². The molecule has 0 fully saturated rings. The molecule has 1 aliphatic carbocycles. The van der Waals surface area contributed by atoms with E-state index in [0.29, 0.717) is 12.0 Å². The first-order valence-electron chi connectivity index (χ1n) is 4.87. The van der Waals surface area contributed by atoms with Gasteiger partial charge >= 0.3 is 5.97 Å². The van der Waals surface area contributed by atoms with Crippen LogP contribution in [0.3, 0.4) is 0 Å². The molecule has 2 rings (SSSR count). The highest BCUT2D eigenvalue weighted by molar-refractivity contribution is 5.95. The molecule has 0 aliphatic heterocycles. The van der Waals surface area contributed by atoms with Gasteiger partial charge in [-0.1, -0.05) is 35.9 Å². The molecule has 0 saturated carbocycles. The first-order chi connectivity index (χ1) is 7.18. The lowest BCUT2D eigenvalue weighted by Crippen LogP contribution is -1.97. The molecule has 1 aromatic carbocycles. The van der Waals surface area contributed by atoms with E-state index in [0.717, 1.165) is 16.7 Å². The van der Waals surface area contributed by atoms with Crippen molar-refractivity contribution in [2.24, 2.45) is 0 Å². The quantitative estimate of drug-likeness (QED) is 0.797. The summed E-state index contributed by atoms with van der Waals surface area (Å²) in [6.07, 6.45) is 2.33. The van der Waals surface area contributed by atoms with Crippen molar-refractivity contribution in [1.29, 1.82) is 0 Å². The zero-order valence-corrected chi connectivity index (χ0v) is 8.53. The minimum Gasteiger partial charge on any atom is -0.478 e. The lowest BCUT2D eigenvalue weighted by molar-refractivity contribution is -0.132. The Morgan fingerprint density at radius 2 is 1.93 bits per heavy atom. The van der Waals surface area contributed by atoms with Gasteiger partial charge in [0.15, 0.2) is 0 Å².